The first-order valence-electron chi connectivity index (χ1n) is 6.44. The van der Waals surface area contributed by atoms with Crippen LogP contribution in [0.1, 0.15) is 16.2 Å². The molecule has 0 bridgehead atoms. The van der Waals surface area contributed by atoms with Crippen LogP contribution < -0.4 is 5.32 Å². The van der Waals surface area contributed by atoms with Crippen molar-refractivity contribution >= 4 is 34.1 Å². The molecule has 104 valence electrons. The van der Waals surface area contributed by atoms with Crippen LogP contribution in [0.5, 0.6) is 0 Å². The van der Waals surface area contributed by atoms with Crippen LogP contribution in [0.3, 0.4) is 0 Å². The first kappa shape index (κ1) is 13.5. The Kier molecular flexibility index (Phi) is 3.54. The van der Waals surface area contributed by atoms with E-state index >= 15 is 0 Å². The molecule has 1 aromatic carbocycles. The van der Waals surface area contributed by atoms with Gasteiger partial charge in [0.05, 0.1) is 11.2 Å². The van der Waals surface area contributed by atoms with Gasteiger partial charge in [-0.1, -0.05) is 35.9 Å². The number of nitrogens with zero attached hydrogens (tertiary/aromatic N) is 2. The van der Waals surface area contributed by atoms with Gasteiger partial charge in [-0.2, -0.15) is 0 Å². The molecule has 0 fully saturated rings. The minimum absolute atomic E-state index is 0.271. The lowest BCUT2D eigenvalue weighted by Gasteiger charge is -2.08. The molecule has 0 unspecified atom stereocenters. The summed E-state index contributed by atoms with van der Waals surface area (Å²) in [5.74, 6) is -0.312. The molecule has 0 saturated carbocycles. The van der Waals surface area contributed by atoms with E-state index in [1.165, 1.54) is 0 Å². The monoisotopic (exact) mass is 297 g/mol. The van der Waals surface area contributed by atoms with Gasteiger partial charge >= 0.3 is 0 Å². The van der Waals surface area contributed by atoms with Gasteiger partial charge in [-0.3, -0.25) is 9.78 Å². The number of para-hydroxylation sites is 1. The molecule has 0 saturated heterocycles. The molecule has 0 spiro atoms. The smallest absolute Gasteiger partial charge is 0.274 e. The van der Waals surface area contributed by atoms with E-state index in [0.717, 1.165) is 16.6 Å². The summed E-state index contributed by atoms with van der Waals surface area (Å²) in [6.07, 6.45) is 0. The SMILES string of the molecule is Cc1ccc2cccc(NC(=O)c3cccc(Cl)n3)c2n1. The fourth-order valence-corrected chi connectivity index (χ4v) is 2.23. The van der Waals surface area contributed by atoms with E-state index in [4.69, 9.17) is 11.6 Å². The summed E-state index contributed by atoms with van der Waals surface area (Å²) in [4.78, 5) is 20.7. The summed E-state index contributed by atoms with van der Waals surface area (Å²) < 4.78 is 0. The third-order valence-corrected chi connectivity index (χ3v) is 3.27. The molecule has 1 N–H and O–H groups in total. The molecule has 0 aliphatic carbocycles. The summed E-state index contributed by atoms with van der Waals surface area (Å²) in [7, 11) is 0. The number of fused-ring (bicyclic) bond motifs is 1. The van der Waals surface area contributed by atoms with Gasteiger partial charge in [0.25, 0.3) is 5.91 Å². The average molecular weight is 298 g/mol. The van der Waals surface area contributed by atoms with Crippen LogP contribution in [-0.2, 0) is 0 Å². The fraction of sp³-hybridized carbons (Fsp3) is 0.0625. The molecule has 2 heterocycles. The van der Waals surface area contributed by atoms with Crippen molar-refractivity contribution in [2.45, 2.75) is 6.92 Å². The number of hydrogen-bond donors (Lipinski definition) is 1. The zero-order valence-corrected chi connectivity index (χ0v) is 12.1. The highest BCUT2D eigenvalue weighted by molar-refractivity contribution is 6.29. The van der Waals surface area contributed by atoms with Crippen molar-refractivity contribution in [3.8, 4) is 0 Å². The van der Waals surface area contributed by atoms with Crippen LogP contribution >= 0.6 is 11.6 Å². The van der Waals surface area contributed by atoms with E-state index in [9.17, 15) is 4.79 Å². The number of anilines is 1. The summed E-state index contributed by atoms with van der Waals surface area (Å²) >= 11 is 5.80. The lowest BCUT2D eigenvalue weighted by Crippen LogP contribution is -2.14. The molecule has 3 rings (SSSR count). The van der Waals surface area contributed by atoms with Gasteiger partial charge in [0.1, 0.15) is 10.8 Å². The second-order valence-electron chi connectivity index (χ2n) is 4.63. The first-order valence-corrected chi connectivity index (χ1v) is 6.81. The number of aromatic nitrogens is 2. The standard InChI is InChI=1S/C16H12ClN3O/c1-10-8-9-11-4-2-5-12(15(11)18-10)20-16(21)13-6-3-7-14(17)19-13/h2-9H,1H3,(H,20,21). The van der Waals surface area contributed by atoms with Crippen molar-refractivity contribution in [3.05, 3.63) is 65.1 Å². The normalized spacial score (nSPS) is 10.6. The quantitative estimate of drug-likeness (QED) is 0.731. The number of amides is 1. The number of halogens is 1. The Balaban J connectivity index is 1.98. The largest absolute Gasteiger partial charge is 0.319 e. The maximum atomic E-state index is 12.2. The van der Waals surface area contributed by atoms with Gasteiger partial charge in [0, 0.05) is 11.1 Å². The Bertz CT molecular complexity index is 833. The number of carbonyl (C=O) groups excluding carboxylic acids is 1. The highest BCUT2D eigenvalue weighted by Gasteiger charge is 2.10. The van der Waals surface area contributed by atoms with E-state index in [2.05, 4.69) is 15.3 Å². The molecule has 0 atom stereocenters. The van der Waals surface area contributed by atoms with Crippen LogP contribution in [0, 0.1) is 6.92 Å². The Morgan fingerprint density at radius 1 is 1.05 bits per heavy atom. The van der Waals surface area contributed by atoms with E-state index in [0.29, 0.717) is 5.69 Å². The van der Waals surface area contributed by atoms with Crippen molar-refractivity contribution in [1.82, 2.24) is 9.97 Å². The lowest BCUT2D eigenvalue weighted by molar-refractivity contribution is 0.102. The van der Waals surface area contributed by atoms with Gasteiger partial charge in [-0.25, -0.2) is 4.98 Å². The van der Waals surface area contributed by atoms with Crippen molar-refractivity contribution in [1.29, 1.82) is 0 Å². The molecule has 4 nitrogen and oxygen atoms in total. The van der Waals surface area contributed by atoms with Gasteiger partial charge in [-0.05, 0) is 31.2 Å². The number of aryl methyl sites for hydroxylation is 1. The Morgan fingerprint density at radius 2 is 1.86 bits per heavy atom. The Labute approximate surface area is 126 Å². The van der Waals surface area contributed by atoms with Gasteiger partial charge in [0.15, 0.2) is 0 Å². The Morgan fingerprint density at radius 3 is 2.67 bits per heavy atom. The van der Waals surface area contributed by atoms with Gasteiger partial charge in [-0.15, -0.1) is 0 Å². The predicted molar refractivity (Wildman–Crippen MR) is 83.7 cm³/mol. The van der Waals surface area contributed by atoms with E-state index in [1.807, 2.05) is 37.3 Å². The topological polar surface area (TPSA) is 54.9 Å². The maximum absolute atomic E-state index is 12.2. The van der Waals surface area contributed by atoms with Crippen molar-refractivity contribution in [2.75, 3.05) is 5.32 Å². The summed E-state index contributed by atoms with van der Waals surface area (Å²) in [5.41, 5.74) is 2.58. The minimum Gasteiger partial charge on any atom is -0.319 e. The van der Waals surface area contributed by atoms with E-state index in [-0.39, 0.29) is 16.8 Å². The summed E-state index contributed by atoms with van der Waals surface area (Å²) in [6, 6.07) is 14.5. The fourth-order valence-electron chi connectivity index (χ4n) is 2.07. The average Bonchev–Trinajstić information content (AvgIpc) is 2.48. The zero-order chi connectivity index (χ0) is 14.8. The third-order valence-electron chi connectivity index (χ3n) is 3.06. The highest BCUT2D eigenvalue weighted by atomic mass is 35.5. The molecule has 3 aromatic rings. The molecule has 0 aliphatic rings. The van der Waals surface area contributed by atoms with Crippen LogP contribution in [0.15, 0.2) is 48.5 Å². The maximum Gasteiger partial charge on any atom is 0.274 e. The number of benzene rings is 1. The number of carbonyl (C=O) groups is 1. The van der Waals surface area contributed by atoms with E-state index < -0.39 is 0 Å². The predicted octanol–water partition coefficient (Wildman–Crippen LogP) is 3.84. The second-order valence-corrected chi connectivity index (χ2v) is 5.02. The molecule has 2 aromatic heterocycles. The molecule has 21 heavy (non-hydrogen) atoms. The van der Waals surface area contributed by atoms with Crippen molar-refractivity contribution in [2.24, 2.45) is 0 Å². The van der Waals surface area contributed by atoms with Crippen LogP contribution in [0.2, 0.25) is 5.15 Å². The van der Waals surface area contributed by atoms with Crippen LogP contribution in [0.4, 0.5) is 5.69 Å². The van der Waals surface area contributed by atoms with Crippen molar-refractivity contribution < 1.29 is 4.79 Å². The summed E-state index contributed by atoms with van der Waals surface area (Å²) in [6.45, 7) is 1.91. The summed E-state index contributed by atoms with van der Waals surface area (Å²) in [5, 5.41) is 4.09. The zero-order valence-electron chi connectivity index (χ0n) is 11.3. The minimum atomic E-state index is -0.312. The highest BCUT2D eigenvalue weighted by Crippen LogP contribution is 2.22. The molecule has 0 aliphatic heterocycles. The van der Waals surface area contributed by atoms with Crippen LogP contribution in [-0.4, -0.2) is 15.9 Å². The number of rotatable bonds is 2. The first-order chi connectivity index (χ1) is 10.1. The second kappa shape index (κ2) is 5.50. The van der Waals surface area contributed by atoms with Crippen molar-refractivity contribution in [3.63, 3.8) is 0 Å². The number of hydrogen-bond acceptors (Lipinski definition) is 3. The lowest BCUT2D eigenvalue weighted by atomic mass is 10.1. The molecular weight excluding hydrogens is 286 g/mol. The Hall–Kier alpha value is -2.46. The van der Waals surface area contributed by atoms with E-state index in [1.54, 1.807) is 18.2 Å². The molecular formula is C16H12ClN3O. The van der Waals surface area contributed by atoms with Crippen LogP contribution in [0.25, 0.3) is 10.9 Å². The van der Waals surface area contributed by atoms with Gasteiger partial charge in [0.2, 0.25) is 0 Å². The van der Waals surface area contributed by atoms with Gasteiger partial charge < -0.3 is 5.32 Å². The number of pyridine rings is 2. The third kappa shape index (κ3) is 2.85. The molecule has 5 heteroatoms. The molecule has 0 radical (unpaired) electrons. The number of nitrogens with one attached hydrogen (secondary N) is 1. The molecule has 1 amide bonds.